The van der Waals surface area contributed by atoms with E-state index in [2.05, 4.69) is 10.3 Å². The van der Waals surface area contributed by atoms with Crippen LogP contribution in [0, 0.1) is 5.82 Å². The largest absolute Gasteiger partial charge is 0.474 e. The van der Waals surface area contributed by atoms with E-state index in [0.29, 0.717) is 19.0 Å². The molecule has 98 valence electrons. The van der Waals surface area contributed by atoms with Crippen LogP contribution in [0.5, 0.6) is 5.88 Å². The third kappa shape index (κ3) is 3.09. The number of nitrogens with zero attached hydrogens (tertiary/aromatic N) is 2. The van der Waals surface area contributed by atoms with E-state index in [-0.39, 0.29) is 18.0 Å². The van der Waals surface area contributed by atoms with E-state index < -0.39 is 0 Å². The van der Waals surface area contributed by atoms with Gasteiger partial charge in [0.25, 0.3) is 0 Å². The van der Waals surface area contributed by atoms with Crippen molar-refractivity contribution in [2.75, 3.05) is 20.1 Å². The number of likely N-dealkylation sites (tertiary alicyclic amines) is 1. The number of ether oxygens (including phenoxy) is 1. The number of hydrogen-bond donors (Lipinski definition) is 1. The van der Waals surface area contributed by atoms with Crippen LogP contribution in [-0.2, 0) is 0 Å². The Bertz CT molecular complexity index is 402. The van der Waals surface area contributed by atoms with Crippen LogP contribution in [0.15, 0.2) is 18.3 Å². The number of pyridine rings is 1. The Morgan fingerprint density at radius 3 is 2.78 bits per heavy atom. The number of hydrogen-bond acceptors (Lipinski definition) is 3. The molecule has 1 aromatic rings. The molecule has 5 nitrogen and oxygen atoms in total. The Hall–Kier alpha value is -1.85. The molecule has 0 aliphatic carbocycles. The zero-order chi connectivity index (χ0) is 13.0. The Morgan fingerprint density at radius 1 is 1.50 bits per heavy atom. The molecule has 1 fully saturated rings. The van der Waals surface area contributed by atoms with Gasteiger partial charge in [-0.25, -0.2) is 14.2 Å². The number of carbonyl (C=O) groups excluding carboxylic acids is 1. The molecule has 1 N–H and O–H groups in total. The second kappa shape index (κ2) is 5.66. The Labute approximate surface area is 105 Å². The van der Waals surface area contributed by atoms with Crippen molar-refractivity contribution in [2.24, 2.45) is 0 Å². The Kier molecular flexibility index (Phi) is 3.96. The van der Waals surface area contributed by atoms with Crippen LogP contribution in [0.2, 0.25) is 0 Å². The summed E-state index contributed by atoms with van der Waals surface area (Å²) in [5, 5.41) is 2.60. The van der Waals surface area contributed by atoms with Crippen molar-refractivity contribution >= 4 is 6.03 Å². The van der Waals surface area contributed by atoms with Crippen molar-refractivity contribution < 1.29 is 13.9 Å². The van der Waals surface area contributed by atoms with Gasteiger partial charge in [0.15, 0.2) is 0 Å². The van der Waals surface area contributed by atoms with Crippen molar-refractivity contribution in [1.29, 1.82) is 0 Å². The molecule has 0 radical (unpaired) electrons. The van der Waals surface area contributed by atoms with E-state index in [1.165, 1.54) is 12.1 Å². The SMILES string of the molecule is CNC(=O)N1CCC(Oc2ccc(F)cn2)CC1. The summed E-state index contributed by atoms with van der Waals surface area (Å²) in [6, 6.07) is 2.77. The maximum absolute atomic E-state index is 12.7. The molecular weight excluding hydrogens is 237 g/mol. The summed E-state index contributed by atoms with van der Waals surface area (Å²) in [6.45, 7) is 1.32. The average Bonchev–Trinajstić information content (AvgIpc) is 2.41. The van der Waals surface area contributed by atoms with E-state index in [4.69, 9.17) is 4.74 Å². The molecule has 18 heavy (non-hydrogen) atoms. The summed E-state index contributed by atoms with van der Waals surface area (Å²) >= 11 is 0. The fourth-order valence-electron chi connectivity index (χ4n) is 1.94. The van der Waals surface area contributed by atoms with Crippen molar-refractivity contribution in [3.05, 3.63) is 24.1 Å². The zero-order valence-corrected chi connectivity index (χ0v) is 10.2. The highest BCUT2D eigenvalue weighted by Crippen LogP contribution is 2.17. The molecular formula is C12H16FN3O2. The minimum Gasteiger partial charge on any atom is -0.474 e. The van der Waals surface area contributed by atoms with Gasteiger partial charge in [-0.2, -0.15) is 0 Å². The molecule has 1 aliphatic rings. The third-order valence-electron chi connectivity index (χ3n) is 2.93. The van der Waals surface area contributed by atoms with Crippen LogP contribution in [-0.4, -0.2) is 42.2 Å². The molecule has 2 rings (SSSR count). The van der Waals surface area contributed by atoms with Gasteiger partial charge in [0.2, 0.25) is 5.88 Å². The van der Waals surface area contributed by atoms with Gasteiger partial charge in [0.05, 0.1) is 6.20 Å². The molecule has 1 aliphatic heterocycles. The quantitative estimate of drug-likeness (QED) is 0.867. The lowest BCUT2D eigenvalue weighted by Crippen LogP contribution is -2.45. The van der Waals surface area contributed by atoms with Gasteiger partial charge in [-0.15, -0.1) is 0 Å². The molecule has 0 spiro atoms. The van der Waals surface area contributed by atoms with Crippen LogP contribution < -0.4 is 10.1 Å². The molecule has 1 saturated heterocycles. The number of amides is 2. The smallest absolute Gasteiger partial charge is 0.317 e. The maximum atomic E-state index is 12.7. The first-order valence-electron chi connectivity index (χ1n) is 5.94. The van der Waals surface area contributed by atoms with Crippen LogP contribution in [0.4, 0.5) is 9.18 Å². The Morgan fingerprint density at radius 2 is 2.22 bits per heavy atom. The van der Waals surface area contributed by atoms with Gasteiger partial charge in [-0.05, 0) is 6.07 Å². The number of halogens is 1. The topological polar surface area (TPSA) is 54.5 Å². The highest BCUT2D eigenvalue weighted by Gasteiger charge is 2.23. The van der Waals surface area contributed by atoms with Gasteiger partial charge in [0.1, 0.15) is 11.9 Å². The summed E-state index contributed by atoms with van der Waals surface area (Å²) in [4.78, 5) is 17.0. The summed E-state index contributed by atoms with van der Waals surface area (Å²) in [5.41, 5.74) is 0. The first kappa shape index (κ1) is 12.6. The van der Waals surface area contributed by atoms with Crippen molar-refractivity contribution in [3.63, 3.8) is 0 Å². The molecule has 1 aromatic heterocycles. The average molecular weight is 253 g/mol. The summed E-state index contributed by atoms with van der Waals surface area (Å²) in [7, 11) is 1.62. The maximum Gasteiger partial charge on any atom is 0.317 e. The van der Waals surface area contributed by atoms with E-state index >= 15 is 0 Å². The number of carbonyl (C=O) groups is 1. The number of urea groups is 1. The van der Waals surface area contributed by atoms with Gasteiger partial charge in [-0.1, -0.05) is 0 Å². The van der Waals surface area contributed by atoms with E-state index in [1.807, 2.05) is 0 Å². The second-order valence-electron chi connectivity index (χ2n) is 4.17. The minimum absolute atomic E-state index is 0.0314. The fourth-order valence-corrected chi connectivity index (χ4v) is 1.94. The van der Waals surface area contributed by atoms with E-state index in [1.54, 1.807) is 11.9 Å². The molecule has 0 atom stereocenters. The van der Waals surface area contributed by atoms with Crippen LogP contribution in [0.1, 0.15) is 12.8 Å². The molecule has 2 heterocycles. The number of rotatable bonds is 2. The lowest BCUT2D eigenvalue weighted by molar-refractivity contribution is 0.108. The normalized spacial score (nSPS) is 16.4. The standard InChI is InChI=1S/C12H16FN3O2/c1-14-12(17)16-6-4-10(5-7-16)18-11-3-2-9(13)8-15-11/h2-3,8,10H,4-7H2,1H3,(H,14,17). The van der Waals surface area contributed by atoms with Gasteiger partial charge in [-0.3, -0.25) is 0 Å². The molecule has 6 heteroatoms. The summed E-state index contributed by atoms with van der Waals surface area (Å²) < 4.78 is 18.3. The fraction of sp³-hybridized carbons (Fsp3) is 0.500. The minimum atomic E-state index is -0.378. The number of aromatic nitrogens is 1. The lowest BCUT2D eigenvalue weighted by atomic mass is 10.1. The Balaban J connectivity index is 1.83. The predicted octanol–water partition coefficient (Wildman–Crippen LogP) is 1.40. The monoisotopic (exact) mass is 253 g/mol. The van der Waals surface area contributed by atoms with Crippen LogP contribution in [0.25, 0.3) is 0 Å². The predicted molar refractivity (Wildman–Crippen MR) is 63.9 cm³/mol. The summed E-state index contributed by atoms with van der Waals surface area (Å²) in [5.74, 6) is 0.0478. The summed E-state index contributed by atoms with van der Waals surface area (Å²) in [6.07, 6.45) is 2.68. The zero-order valence-electron chi connectivity index (χ0n) is 10.2. The molecule has 0 unspecified atom stereocenters. The third-order valence-corrected chi connectivity index (χ3v) is 2.93. The first-order chi connectivity index (χ1) is 8.69. The molecule has 2 amide bonds. The van der Waals surface area contributed by atoms with E-state index in [9.17, 15) is 9.18 Å². The van der Waals surface area contributed by atoms with Crippen LogP contribution in [0.3, 0.4) is 0 Å². The highest BCUT2D eigenvalue weighted by atomic mass is 19.1. The number of piperidine rings is 1. The van der Waals surface area contributed by atoms with E-state index in [0.717, 1.165) is 19.0 Å². The molecule has 0 bridgehead atoms. The van der Waals surface area contributed by atoms with Crippen molar-refractivity contribution in [2.45, 2.75) is 18.9 Å². The van der Waals surface area contributed by atoms with Gasteiger partial charge >= 0.3 is 6.03 Å². The first-order valence-corrected chi connectivity index (χ1v) is 5.94. The van der Waals surface area contributed by atoms with Gasteiger partial charge < -0.3 is 15.0 Å². The highest BCUT2D eigenvalue weighted by molar-refractivity contribution is 5.73. The number of nitrogens with one attached hydrogen (secondary N) is 1. The second-order valence-corrected chi connectivity index (χ2v) is 4.17. The van der Waals surface area contributed by atoms with Gasteiger partial charge in [0, 0.05) is 39.0 Å². The lowest BCUT2D eigenvalue weighted by Gasteiger charge is -2.31. The molecule has 0 saturated carbocycles. The van der Waals surface area contributed by atoms with Crippen molar-refractivity contribution in [3.8, 4) is 5.88 Å². The van der Waals surface area contributed by atoms with Crippen molar-refractivity contribution in [1.82, 2.24) is 15.2 Å². The van der Waals surface area contributed by atoms with Crippen LogP contribution >= 0.6 is 0 Å². The molecule has 0 aromatic carbocycles.